The van der Waals surface area contributed by atoms with Crippen molar-refractivity contribution >= 4 is 22.6 Å². The van der Waals surface area contributed by atoms with Crippen molar-refractivity contribution in [3.05, 3.63) is 106 Å². The van der Waals surface area contributed by atoms with Crippen LogP contribution in [0.3, 0.4) is 0 Å². The van der Waals surface area contributed by atoms with Gasteiger partial charge in [-0.25, -0.2) is 4.98 Å². The fraction of sp³-hybridized carbons (Fsp3) is 0.267. The second kappa shape index (κ2) is 10.6. The molecular formula is C30H29N3O5. The minimum atomic E-state index is -0.926. The van der Waals surface area contributed by atoms with Crippen molar-refractivity contribution < 1.29 is 19.8 Å². The van der Waals surface area contributed by atoms with Crippen LogP contribution >= 0.6 is 0 Å². The molecule has 1 aliphatic heterocycles. The van der Waals surface area contributed by atoms with Crippen molar-refractivity contribution in [2.24, 2.45) is 5.16 Å². The van der Waals surface area contributed by atoms with Gasteiger partial charge in [-0.1, -0.05) is 59.8 Å². The van der Waals surface area contributed by atoms with E-state index in [1.54, 1.807) is 10.6 Å². The van der Waals surface area contributed by atoms with E-state index >= 15 is 0 Å². The molecule has 2 N–H and O–H groups in total. The Bertz CT molecular complexity index is 1550. The molecule has 5 rings (SSSR count). The third-order valence-electron chi connectivity index (χ3n) is 6.90. The first-order valence-corrected chi connectivity index (χ1v) is 12.7. The molecule has 0 radical (unpaired) electrons. The number of carboxylic acid groups (broad SMARTS) is 1. The number of benzene rings is 3. The van der Waals surface area contributed by atoms with Gasteiger partial charge in [-0.15, -0.1) is 0 Å². The van der Waals surface area contributed by atoms with E-state index in [2.05, 4.69) is 5.16 Å². The summed E-state index contributed by atoms with van der Waals surface area (Å²) in [7, 11) is 0. The minimum Gasteiger partial charge on any atom is -0.481 e. The number of aliphatic hydroxyl groups excluding tert-OH is 1. The summed E-state index contributed by atoms with van der Waals surface area (Å²) in [5.74, 6) is -0.268. The van der Waals surface area contributed by atoms with Crippen LogP contribution < -0.4 is 5.56 Å². The first kappa shape index (κ1) is 25.4. The van der Waals surface area contributed by atoms with Crippen LogP contribution in [-0.2, 0) is 16.1 Å². The van der Waals surface area contributed by atoms with Crippen molar-refractivity contribution in [3.63, 3.8) is 0 Å². The lowest BCUT2D eigenvalue weighted by molar-refractivity contribution is -0.137. The number of hydrogen-bond donors (Lipinski definition) is 2. The number of aliphatic carboxylic acids is 1. The topological polar surface area (TPSA) is 114 Å². The summed E-state index contributed by atoms with van der Waals surface area (Å²) in [5, 5.41) is 24.7. The maximum atomic E-state index is 13.6. The van der Waals surface area contributed by atoms with E-state index in [1.807, 2.05) is 79.7 Å². The molecule has 0 amide bonds. The molecule has 0 aliphatic carbocycles. The molecule has 0 unspecified atom stereocenters. The number of fused-ring (bicyclic) bond motifs is 1. The summed E-state index contributed by atoms with van der Waals surface area (Å²) in [6.45, 7) is 1.83. The van der Waals surface area contributed by atoms with Gasteiger partial charge < -0.3 is 15.1 Å². The molecule has 2 atom stereocenters. The van der Waals surface area contributed by atoms with Gasteiger partial charge in [0.2, 0.25) is 0 Å². The first-order valence-electron chi connectivity index (χ1n) is 12.7. The minimum absolute atomic E-state index is 0.0702. The Morgan fingerprint density at radius 2 is 1.76 bits per heavy atom. The Kier molecular flexibility index (Phi) is 7.07. The van der Waals surface area contributed by atoms with Crippen LogP contribution in [0.5, 0.6) is 0 Å². The summed E-state index contributed by atoms with van der Waals surface area (Å²) in [4.78, 5) is 35.2. The Labute approximate surface area is 219 Å². The number of aliphatic hydroxyl groups is 1. The van der Waals surface area contributed by atoms with Crippen molar-refractivity contribution in [1.82, 2.24) is 9.55 Å². The van der Waals surface area contributed by atoms with Gasteiger partial charge in [-0.2, -0.15) is 0 Å². The molecule has 0 saturated carbocycles. The van der Waals surface area contributed by atoms with Crippen LogP contribution in [0.25, 0.3) is 16.6 Å². The lowest BCUT2D eigenvalue weighted by Crippen LogP contribution is -2.33. The number of aryl methyl sites for hydroxylation is 1. The highest BCUT2D eigenvalue weighted by Crippen LogP contribution is 2.37. The maximum Gasteiger partial charge on any atom is 0.303 e. The number of carbonyl (C=O) groups is 1. The van der Waals surface area contributed by atoms with Gasteiger partial charge in [0.1, 0.15) is 11.9 Å². The van der Waals surface area contributed by atoms with Gasteiger partial charge in [0, 0.05) is 24.8 Å². The van der Waals surface area contributed by atoms with E-state index in [1.165, 1.54) is 0 Å². The monoisotopic (exact) mass is 511 g/mol. The number of rotatable bonds is 9. The van der Waals surface area contributed by atoms with Crippen LogP contribution in [0.1, 0.15) is 55.7 Å². The predicted octanol–water partition coefficient (Wildman–Crippen LogP) is 4.80. The molecule has 4 aromatic rings. The molecule has 38 heavy (non-hydrogen) atoms. The summed E-state index contributed by atoms with van der Waals surface area (Å²) < 4.78 is 1.60. The summed E-state index contributed by atoms with van der Waals surface area (Å²) in [6.07, 6.45) is 1.14. The van der Waals surface area contributed by atoms with E-state index < -0.39 is 17.7 Å². The van der Waals surface area contributed by atoms with E-state index in [-0.39, 0.29) is 12.0 Å². The zero-order valence-corrected chi connectivity index (χ0v) is 21.1. The lowest BCUT2D eigenvalue weighted by Gasteiger charge is -2.27. The third-order valence-corrected chi connectivity index (χ3v) is 6.90. The lowest BCUT2D eigenvalue weighted by atomic mass is 9.87. The number of unbranched alkanes of at least 4 members (excludes halogenated alkanes) is 1. The van der Waals surface area contributed by atoms with Gasteiger partial charge in [0.25, 0.3) is 5.56 Å². The van der Waals surface area contributed by atoms with Crippen molar-refractivity contribution in [3.8, 4) is 5.69 Å². The zero-order chi connectivity index (χ0) is 26.7. The Morgan fingerprint density at radius 3 is 2.47 bits per heavy atom. The fourth-order valence-corrected chi connectivity index (χ4v) is 4.83. The molecule has 8 heteroatoms. The molecule has 194 valence electrons. The van der Waals surface area contributed by atoms with Crippen molar-refractivity contribution in [2.45, 2.75) is 50.7 Å². The van der Waals surface area contributed by atoms with E-state index in [9.17, 15) is 14.7 Å². The highest BCUT2D eigenvalue weighted by molar-refractivity contribution is 6.04. The third kappa shape index (κ3) is 5.08. The molecule has 8 nitrogen and oxygen atoms in total. The van der Waals surface area contributed by atoms with Gasteiger partial charge in [0.15, 0.2) is 5.60 Å². The zero-order valence-electron chi connectivity index (χ0n) is 21.1. The Hall–Kier alpha value is -4.30. The molecule has 0 bridgehead atoms. The smallest absolute Gasteiger partial charge is 0.303 e. The van der Waals surface area contributed by atoms with Gasteiger partial charge in [-0.3, -0.25) is 14.2 Å². The van der Waals surface area contributed by atoms with Gasteiger partial charge in [-0.05, 0) is 49.6 Å². The maximum absolute atomic E-state index is 13.6. The van der Waals surface area contributed by atoms with Gasteiger partial charge in [0.05, 0.1) is 22.3 Å². The highest BCUT2D eigenvalue weighted by atomic mass is 16.7. The summed E-state index contributed by atoms with van der Waals surface area (Å²) in [6, 6.07) is 24.1. The average molecular weight is 512 g/mol. The Morgan fingerprint density at radius 1 is 1.05 bits per heavy atom. The van der Waals surface area contributed by atoms with E-state index in [0.717, 1.165) is 11.1 Å². The van der Waals surface area contributed by atoms with Crippen LogP contribution in [0, 0.1) is 0 Å². The quantitative estimate of drug-likeness (QED) is 0.312. The average Bonchev–Trinajstić information content (AvgIpc) is 3.34. The van der Waals surface area contributed by atoms with E-state index in [0.29, 0.717) is 53.8 Å². The van der Waals surface area contributed by atoms with Crippen molar-refractivity contribution in [1.29, 1.82) is 0 Å². The fourth-order valence-electron chi connectivity index (χ4n) is 4.83. The molecule has 3 aromatic carbocycles. The molecule has 0 spiro atoms. The SMILES string of the molecule is C[C@]1([C@H](O)c2ccccc2)CC(c2ccc3c(=O)n(-c4ccccc4)c(CCCCC(=O)O)nc3c2)=NO1. The number of nitrogens with zero attached hydrogens (tertiary/aromatic N) is 3. The van der Waals surface area contributed by atoms with Crippen molar-refractivity contribution in [2.75, 3.05) is 0 Å². The van der Waals surface area contributed by atoms with Gasteiger partial charge >= 0.3 is 5.97 Å². The number of aromatic nitrogens is 2. The highest BCUT2D eigenvalue weighted by Gasteiger charge is 2.42. The number of oxime groups is 1. The van der Waals surface area contributed by atoms with Crippen LogP contribution in [-0.4, -0.2) is 37.0 Å². The van der Waals surface area contributed by atoms with E-state index in [4.69, 9.17) is 14.9 Å². The number of carboxylic acids is 1. The second-order valence-electron chi connectivity index (χ2n) is 9.77. The molecule has 1 aromatic heterocycles. The predicted molar refractivity (Wildman–Crippen MR) is 145 cm³/mol. The summed E-state index contributed by atoms with van der Waals surface area (Å²) >= 11 is 0. The normalized spacial score (nSPS) is 17.7. The molecule has 0 saturated heterocycles. The largest absolute Gasteiger partial charge is 0.481 e. The molecule has 2 heterocycles. The molecule has 0 fully saturated rings. The number of hydrogen-bond acceptors (Lipinski definition) is 6. The summed E-state index contributed by atoms with van der Waals surface area (Å²) in [5.41, 5.74) is 2.32. The van der Waals surface area contributed by atoms with Crippen LogP contribution in [0.15, 0.2) is 88.8 Å². The second-order valence-corrected chi connectivity index (χ2v) is 9.77. The molecular weight excluding hydrogens is 482 g/mol. The first-order chi connectivity index (χ1) is 18.4. The Balaban J connectivity index is 1.48. The van der Waals surface area contributed by atoms with Crippen LogP contribution in [0.4, 0.5) is 0 Å². The number of para-hydroxylation sites is 1. The molecule has 1 aliphatic rings. The van der Waals surface area contributed by atoms with Crippen LogP contribution in [0.2, 0.25) is 0 Å². The standard InChI is InChI=1S/C30H29N3O5/c1-30(28(36)20-10-4-2-5-11-20)19-25(32-38-30)21-16-17-23-24(18-21)31-26(14-8-9-15-27(34)35)33(29(23)37)22-12-6-3-7-13-22/h2-7,10-13,16-18,28,36H,8-9,14-15,19H2,1H3,(H,34,35)/t28-,30-/m1/s1.